The number of pyridine rings is 1. The number of rotatable bonds is 3. The SMILES string of the molecule is Cc1ccc(C#N)c(Oc2cnn(C(C)C)c2)n1. The Balaban J connectivity index is 2.28. The zero-order valence-electron chi connectivity index (χ0n) is 10.6. The third-order valence-corrected chi connectivity index (χ3v) is 2.44. The van der Waals surface area contributed by atoms with Crippen LogP contribution in [0, 0.1) is 18.3 Å². The molecule has 0 aromatic carbocycles. The van der Waals surface area contributed by atoms with Crippen molar-refractivity contribution in [2.75, 3.05) is 0 Å². The van der Waals surface area contributed by atoms with Gasteiger partial charge in [-0.1, -0.05) is 0 Å². The second-order valence-electron chi connectivity index (χ2n) is 4.27. The molecule has 5 heteroatoms. The van der Waals surface area contributed by atoms with E-state index in [4.69, 9.17) is 10.00 Å². The Morgan fingerprint density at radius 2 is 2.17 bits per heavy atom. The molecule has 0 fully saturated rings. The van der Waals surface area contributed by atoms with Gasteiger partial charge in [0, 0.05) is 11.7 Å². The molecule has 0 saturated carbocycles. The van der Waals surface area contributed by atoms with Gasteiger partial charge in [-0.05, 0) is 32.9 Å². The molecule has 2 rings (SSSR count). The number of nitrogens with zero attached hydrogens (tertiary/aromatic N) is 4. The van der Waals surface area contributed by atoms with Crippen LogP contribution in [-0.4, -0.2) is 14.8 Å². The van der Waals surface area contributed by atoms with E-state index in [9.17, 15) is 0 Å². The maximum Gasteiger partial charge on any atom is 0.237 e. The maximum absolute atomic E-state index is 8.99. The van der Waals surface area contributed by atoms with Crippen molar-refractivity contribution in [2.45, 2.75) is 26.8 Å². The molecular formula is C13H14N4O. The third-order valence-electron chi connectivity index (χ3n) is 2.44. The first-order valence-electron chi connectivity index (χ1n) is 5.70. The Morgan fingerprint density at radius 3 is 2.78 bits per heavy atom. The van der Waals surface area contributed by atoms with Crippen LogP contribution in [0.3, 0.4) is 0 Å². The second-order valence-corrected chi connectivity index (χ2v) is 4.27. The molecular weight excluding hydrogens is 228 g/mol. The van der Waals surface area contributed by atoms with Crippen molar-refractivity contribution in [3.63, 3.8) is 0 Å². The summed E-state index contributed by atoms with van der Waals surface area (Å²) in [6.07, 6.45) is 3.40. The van der Waals surface area contributed by atoms with E-state index in [0.717, 1.165) is 5.69 Å². The number of nitriles is 1. The van der Waals surface area contributed by atoms with Gasteiger partial charge in [0.05, 0.1) is 12.4 Å². The van der Waals surface area contributed by atoms with E-state index < -0.39 is 0 Å². The van der Waals surface area contributed by atoms with E-state index >= 15 is 0 Å². The molecule has 92 valence electrons. The van der Waals surface area contributed by atoms with E-state index in [2.05, 4.69) is 16.2 Å². The summed E-state index contributed by atoms with van der Waals surface area (Å²) in [6.45, 7) is 5.91. The zero-order valence-corrected chi connectivity index (χ0v) is 10.6. The van der Waals surface area contributed by atoms with E-state index in [-0.39, 0.29) is 6.04 Å². The molecule has 2 aromatic rings. The lowest BCUT2D eigenvalue weighted by molar-refractivity contribution is 0.456. The highest BCUT2D eigenvalue weighted by Gasteiger charge is 2.09. The van der Waals surface area contributed by atoms with E-state index in [1.807, 2.05) is 20.8 Å². The average molecular weight is 242 g/mol. The van der Waals surface area contributed by atoms with Gasteiger partial charge < -0.3 is 4.74 Å². The summed E-state index contributed by atoms with van der Waals surface area (Å²) in [5, 5.41) is 13.2. The van der Waals surface area contributed by atoms with E-state index in [1.165, 1.54) is 0 Å². The van der Waals surface area contributed by atoms with E-state index in [1.54, 1.807) is 29.2 Å². The van der Waals surface area contributed by atoms with Crippen LogP contribution in [0.25, 0.3) is 0 Å². The van der Waals surface area contributed by atoms with Crippen LogP contribution in [-0.2, 0) is 0 Å². The molecule has 0 bridgehead atoms. The molecule has 18 heavy (non-hydrogen) atoms. The zero-order chi connectivity index (χ0) is 13.1. The molecule has 0 spiro atoms. The van der Waals surface area contributed by atoms with Gasteiger partial charge in [0.15, 0.2) is 5.75 Å². The van der Waals surface area contributed by atoms with Crippen LogP contribution in [0.1, 0.15) is 31.1 Å². The van der Waals surface area contributed by atoms with Crippen molar-refractivity contribution < 1.29 is 4.74 Å². The van der Waals surface area contributed by atoms with Crippen molar-refractivity contribution in [3.8, 4) is 17.7 Å². The quantitative estimate of drug-likeness (QED) is 0.830. The first-order chi connectivity index (χ1) is 8.60. The van der Waals surface area contributed by atoms with Crippen LogP contribution in [0.5, 0.6) is 11.6 Å². The first kappa shape index (κ1) is 12.1. The summed E-state index contributed by atoms with van der Waals surface area (Å²) < 4.78 is 7.38. The van der Waals surface area contributed by atoms with Gasteiger partial charge >= 0.3 is 0 Å². The van der Waals surface area contributed by atoms with Crippen LogP contribution in [0.15, 0.2) is 24.5 Å². The number of aromatic nitrogens is 3. The molecule has 0 aliphatic rings. The Bertz CT molecular complexity index is 595. The molecule has 5 nitrogen and oxygen atoms in total. The molecule has 2 aromatic heterocycles. The van der Waals surface area contributed by atoms with Gasteiger partial charge in [-0.15, -0.1) is 0 Å². The highest BCUT2D eigenvalue weighted by Crippen LogP contribution is 2.23. The van der Waals surface area contributed by atoms with Crippen LogP contribution in [0.4, 0.5) is 0 Å². The van der Waals surface area contributed by atoms with Crippen LogP contribution in [0.2, 0.25) is 0 Å². The molecule has 0 aliphatic heterocycles. The first-order valence-corrected chi connectivity index (χ1v) is 5.70. The van der Waals surface area contributed by atoms with Gasteiger partial charge in [-0.3, -0.25) is 4.68 Å². The lowest BCUT2D eigenvalue weighted by atomic mass is 10.2. The molecule has 0 N–H and O–H groups in total. The number of hydrogen-bond donors (Lipinski definition) is 0. The van der Waals surface area contributed by atoms with Gasteiger partial charge in [0.2, 0.25) is 5.88 Å². The highest BCUT2D eigenvalue weighted by molar-refractivity contribution is 5.40. The predicted molar refractivity (Wildman–Crippen MR) is 66.4 cm³/mol. The molecule has 0 amide bonds. The van der Waals surface area contributed by atoms with Gasteiger partial charge in [-0.25, -0.2) is 4.98 Å². The second kappa shape index (κ2) is 4.88. The fraction of sp³-hybridized carbons (Fsp3) is 0.308. The Morgan fingerprint density at radius 1 is 1.39 bits per heavy atom. The summed E-state index contributed by atoms with van der Waals surface area (Å²) in [4.78, 5) is 4.21. The van der Waals surface area contributed by atoms with E-state index in [0.29, 0.717) is 17.2 Å². The number of ether oxygens (including phenoxy) is 1. The number of aryl methyl sites for hydroxylation is 1. The predicted octanol–water partition coefficient (Wildman–Crippen LogP) is 2.83. The molecule has 0 atom stereocenters. The fourth-order valence-electron chi connectivity index (χ4n) is 1.46. The normalized spacial score (nSPS) is 10.4. The fourth-order valence-corrected chi connectivity index (χ4v) is 1.46. The standard InChI is InChI=1S/C13H14N4O/c1-9(2)17-8-12(7-15-17)18-13-11(6-14)5-4-10(3)16-13/h4-5,7-9H,1-3H3. The minimum Gasteiger partial charge on any atom is -0.434 e. The summed E-state index contributed by atoms with van der Waals surface area (Å²) in [6, 6.07) is 5.80. The molecule has 0 radical (unpaired) electrons. The lowest BCUT2D eigenvalue weighted by Gasteiger charge is -2.05. The molecule has 2 heterocycles. The third kappa shape index (κ3) is 2.48. The topological polar surface area (TPSA) is 63.7 Å². The molecule has 0 saturated heterocycles. The minimum atomic E-state index is 0.267. The van der Waals surface area contributed by atoms with Gasteiger partial charge in [0.25, 0.3) is 0 Å². The highest BCUT2D eigenvalue weighted by atomic mass is 16.5. The lowest BCUT2D eigenvalue weighted by Crippen LogP contribution is -1.99. The van der Waals surface area contributed by atoms with Gasteiger partial charge in [0.1, 0.15) is 11.6 Å². The monoisotopic (exact) mass is 242 g/mol. The summed E-state index contributed by atoms with van der Waals surface area (Å²) in [5.74, 6) is 0.902. The molecule has 0 unspecified atom stereocenters. The Hall–Kier alpha value is -2.35. The summed E-state index contributed by atoms with van der Waals surface area (Å²) in [5.41, 5.74) is 1.22. The minimum absolute atomic E-state index is 0.267. The van der Waals surface area contributed by atoms with Crippen molar-refractivity contribution in [3.05, 3.63) is 35.8 Å². The number of hydrogen-bond acceptors (Lipinski definition) is 4. The van der Waals surface area contributed by atoms with Crippen molar-refractivity contribution in [2.24, 2.45) is 0 Å². The summed E-state index contributed by atoms with van der Waals surface area (Å²) in [7, 11) is 0. The average Bonchev–Trinajstić information content (AvgIpc) is 2.78. The Labute approximate surface area is 106 Å². The molecule has 0 aliphatic carbocycles. The summed E-state index contributed by atoms with van der Waals surface area (Å²) >= 11 is 0. The maximum atomic E-state index is 8.99. The van der Waals surface area contributed by atoms with Crippen molar-refractivity contribution in [1.82, 2.24) is 14.8 Å². The van der Waals surface area contributed by atoms with Crippen molar-refractivity contribution in [1.29, 1.82) is 5.26 Å². The Kier molecular flexibility index (Phi) is 3.28. The van der Waals surface area contributed by atoms with Crippen LogP contribution < -0.4 is 4.74 Å². The van der Waals surface area contributed by atoms with Crippen molar-refractivity contribution >= 4 is 0 Å². The smallest absolute Gasteiger partial charge is 0.237 e. The van der Waals surface area contributed by atoms with Gasteiger partial charge in [-0.2, -0.15) is 10.4 Å². The largest absolute Gasteiger partial charge is 0.434 e. The van der Waals surface area contributed by atoms with Crippen LogP contribution >= 0.6 is 0 Å².